The minimum atomic E-state index is -0.947. The van der Waals surface area contributed by atoms with Crippen LogP contribution >= 0.6 is 0 Å². The van der Waals surface area contributed by atoms with E-state index in [0.29, 0.717) is 24.2 Å². The van der Waals surface area contributed by atoms with Crippen LogP contribution in [0.4, 0.5) is 14.5 Å². The highest BCUT2D eigenvalue weighted by atomic mass is 19.1. The van der Waals surface area contributed by atoms with Crippen LogP contribution in [0.25, 0.3) is 5.57 Å². The van der Waals surface area contributed by atoms with Crippen LogP contribution in [0.1, 0.15) is 52.5 Å². The number of carbonyl (C=O) groups is 3. The molecule has 1 aliphatic carbocycles. The Balaban J connectivity index is 1.44. The number of nitrogens with zero attached hydrogens (tertiary/aromatic N) is 2. The highest BCUT2D eigenvalue weighted by molar-refractivity contribution is 6.07. The molecule has 1 aromatic heterocycles. The van der Waals surface area contributed by atoms with E-state index < -0.39 is 29.1 Å². The summed E-state index contributed by atoms with van der Waals surface area (Å²) in [6.45, 7) is 2.39. The van der Waals surface area contributed by atoms with Crippen LogP contribution in [-0.2, 0) is 4.79 Å². The highest BCUT2D eigenvalue weighted by Crippen LogP contribution is 2.40. The lowest BCUT2D eigenvalue weighted by atomic mass is 9.84. The number of ketones is 1. The number of hydrogen-bond donors (Lipinski definition) is 1. The number of anilines is 1. The molecular formula is C29H25F2N3O3. The first kappa shape index (κ1) is 24.5. The Morgan fingerprint density at radius 2 is 1.68 bits per heavy atom. The van der Waals surface area contributed by atoms with Gasteiger partial charge in [-0.1, -0.05) is 23.8 Å². The van der Waals surface area contributed by atoms with E-state index in [-0.39, 0.29) is 17.6 Å². The summed E-state index contributed by atoms with van der Waals surface area (Å²) in [5.41, 5.74) is 2.65. The summed E-state index contributed by atoms with van der Waals surface area (Å²) in [6.07, 6.45) is 5.33. The van der Waals surface area contributed by atoms with Crippen LogP contribution in [0.3, 0.4) is 0 Å². The Hall–Kier alpha value is -4.20. The third kappa shape index (κ3) is 4.91. The molecular weight excluding hydrogens is 476 g/mol. The average molecular weight is 502 g/mol. The smallest absolute Gasteiger partial charge is 0.261 e. The molecule has 1 aliphatic heterocycles. The molecule has 2 aromatic carbocycles. The zero-order valence-electron chi connectivity index (χ0n) is 20.2. The molecule has 2 aliphatic rings. The minimum absolute atomic E-state index is 0.0266. The summed E-state index contributed by atoms with van der Waals surface area (Å²) < 4.78 is 28.0. The quantitative estimate of drug-likeness (QED) is 0.499. The lowest BCUT2D eigenvalue weighted by Crippen LogP contribution is -2.49. The Bertz CT molecular complexity index is 1380. The van der Waals surface area contributed by atoms with E-state index in [2.05, 4.69) is 10.3 Å². The van der Waals surface area contributed by atoms with E-state index in [1.807, 2.05) is 6.92 Å². The summed E-state index contributed by atoms with van der Waals surface area (Å²) >= 11 is 0. The van der Waals surface area contributed by atoms with Gasteiger partial charge in [-0.15, -0.1) is 0 Å². The number of pyridine rings is 1. The van der Waals surface area contributed by atoms with Gasteiger partial charge in [0.1, 0.15) is 23.2 Å². The Morgan fingerprint density at radius 1 is 0.973 bits per heavy atom. The zero-order chi connectivity index (χ0) is 26.1. The van der Waals surface area contributed by atoms with Gasteiger partial charge in [0.05, 0.1) is 5.56 Å². The lowest BCUT2D eigenvalue weighted by molar-refractivity contribution is -0.123. The van der Waals surface area contributed by atoms with Gasteiger partial charge in [0.25, 0.3) is 11.8 Å². The molecule has 0 spiro atoms. The first-order chi connectivity index (χ1) is 17.8. The van der Waals surface area contributed by atoms with Crippen molar-refractivity contribution in [2.75, 3.05) is 11.9 Å². The number of amides is 2. The van der Waals surface area contributed by atoms with Crippen molar-refractivity contribution in [3.8, 4) is 0 Å². The van der Waals surface area contributed by atoms with Crippen LogP contribution in [0, 0.1) is 17.6 Å². The second-order valence-corrected chi connectivity index (χ2v) is 9.39. The summed E-state index contributed by atoms with van der Waals surface area (Å²) in [5.74, 6) is -3.07. The van der Waals surface area contributed by atoms with Gasteiger partial charge in [-0.25, -0.2) is 8.78 Å². The molecule has 5 rings (SSSR count). The van der Waals surface area contributed by atoms with Crippen molar-refractivity contribution < 1.29 is 23.2 Å². The maximum atomic E-state index is 14.0. The van der Waals surface area contributed by atoms with Crippen LogP contribution in [0.2, 0.25) is 0 Å². The van der Waals surface area contributed by atoms with Crippen LogP contribution in [-0.4, -0.2) is 40.1 Å². The molecule has 0 bridgehead atoms. The predicted octanol–water partition coefficient (Wildman–Crippen LogP) is 5.28. The third-order valence-electron chi connectivity index (χ3n) is 6.83. The maximum absolute atomic E-state index is 14.0. The van der Waals surface area contributed by atoms with Crippen molar-refractivity contribution in [2.45, 2.75) is 32.2 Å². The van der Waals surface area contributed by atoms with Gasteiger partial charge in [-0.05, 0) is 73.7 Å². The van der Waals surface area contributed by atoms with Crippen molar-refractivity contribution in [2.24, 2.45) is 5.92 Å². The van der Waals surface area contributed by atoms with Gasteiger partial charge < -0.3 is 10.2 Å². The monoisotopic (exact) mass is 501 g/mol. The Morgan fingerprint density at radius 3 is 2.30 bits per heavy atom. The average Bonchev–Trinajstić information content (AvgIpc) is 3.74. The largest absolute Gasteiger partial charge is 0.324 e. The van der Waals surface area contributed by atoms with Crippen molar-refractivity contribution in [3.63, 3.8) is 0 Å². The van der Waals surface area contributed by atoms with Crippen molar-refractivity contribution in [1.82, 2.24) is 9.88 Å². The van der Waals surface area contributed by atoms with Crippen molar-refractivity contribution >= 4 is 28.9 Å². The molecule has 0 radical (unpaired) electrons. The van der Waals surface area contributed by atoms with E-state index in [9.17, 15) is 23.2 Å². The highest BCUT2D eigenvalue weighted by Gasteiger charge is 2.43. The van der Waals surface area contributed by atoms with Gasteiger partial charge >= 0.3 is 0 Å². The number of carbonyl (C=O) groups excluding carboxylic acids is 3. The summed E-state index contributed by atoms with van der Waals surface area (Å²) in [5, 5.41) is 2.52. The topological polar surface area (TPSA) is 79.4 Å². The standard InChI is InChI=1S/C29H25F2N3O3/c1-17-13-15-34(29(37)20-4-3-14-32-16-20)26(27(35)19-7-8-19)24(17)18-9-11-21(12-10-18)33-28(36)25-22(30)5-2-6-23(25)31/h2-6,9-12,14,16,19,26H,7-8,13,15H2,1H3,(H,33,36). The molecule has 2 heterocycles. The van der Waals surface area contributed by atoms with Gasteiger partial charge in [0, 0.05) is 30.5 Å². The van der Waals surface area contributed by atoms with Gasteiger partial charge in [-0.2, -0.15) is 0 Å². The number of benzene rings is 2. The van der Waals surface area contributed by atoms with Gasteiger partial charge in [0.2, 0.25) is 0 Å². The molecule has 37 heavy (non-hydrogen) atoms. The fraction of sp³-hybridized carbons (Fsp3) is 0.241. The number of nitrogens with one attached hydrogen (secondary N) is 1. The number of Topliss-reactive ketones (excluding diaryl/α,β-unsaturated/α-hetero) is 1. The fourth-order valence-electron chi connectivity index (χ4n) is 4.75. The number of rotatable bonds is 6. The summed E-state index contributed by atoms with van der Waals surface area (Å²) in [6, 6.07) is 12.6. The molecule has 2 amide bonds. The lowest BCUT2D eigenvalue weighted by Gasteiger charge is -2.38. The number of hydrogen-bond acceptors (Lipinski definition) is 4. The molecule has 1 unspecified atom stereocenters. The second kappa shape index (κ2) is 10.0. The van der Waals surface area contributed by atoms with Crippen LogP contribution in [0.5, 0.6) is 0 Å². The van der Waals surface area contributed by atoms with Crippen LogP contribution < -0.4 is 5.32 Å². The fourth-order valence-corrected chi connectivity index (χ4v) is 4.75. The van der Waals surface area contributed by atoms with Gasteiger partial charge in [-0.3, -0.25) is 19.4 Å². The maximum Gasteiger partial charge on any atom is 0.261 e. The minimum Gasteiger partial charge on any atom is -0.324 e. The first-order valence-electron chi connectivity index (χ1n) is 12.2. The molecule has 1 atom stereocenters. The van der Waals surface area contributed by atoms with E-state index in [1.165, 1.54) is 12.3 Å². The van der Waals surface area contributed by atoms with E-state index >= 15 is 0 Å². The van der Waals surface area contributed by atoms with E-state index in [0.717, 1.165) is 41.7 Å². The molecule has 188 valence electrons. The molecule has 8 heteroatoms. The number of aromatic nitrogens is 1. The SMILES string of the molecule is CC1=C(c2ccc(NC(=O)c3c(F)cccc3F)cc2)C(C(=O)C2CC2)N(C(=O)c2cccnc2)CC1. The second-order valence-electron chi connectivity index (χ2n) is 9.39. The zero-order valence-corrected chi connectivity index (χ0v) is 20.2. The third-order valence-corrected chi connectivity index (χ3v) is 6.83. The van der Waals surface area contributed by atoms with Crippen molar-refractivity contribution in [1.29, 1.82) is 0 Å². The van der Waals surface area contributed by atoms with Crippen molar-refractivity contribution in [3.05, 3.63) is 101 Å². The molecule has 0 saturated heterocycles. The summed E-state index contributed by atoms with van der Waals surface area (Å²) in [4.78, 5) is 45.1. The molecule has 6 nitrogen and oxygen atoms in total. The normalized spacial score (nSPS) is 17.5. The summed E-state index contributed by atoms with van der Waals surface area (Å²) in [7, 11) is 0. The molecule has 1 N–H and O–H groups in total. The van der Waals surface area contributed by atoms with Crippen LogP contribution in [0.15, 0.2) is 72.6 Å². The first-order valence-corrected chi connectivity index (χ1v) is 12.2. The Kier molecular flexibility index (Phi) is 6.65. The number of halogens is 2. The molecule has 1 fully saturated rings. The van der Waals surface area contributed by atoms with E-state index in [4.69, 9.17) is 0 Å². The van der Waals surface area contributed by atoms with Gasteiger partial charge in [0.15, 0.2) is 5.78 Å². The van der Waals surface area contributed by atoms with E-state index in [1.54, 1.807) is 47.5 Å². The molecule has 3 aromatic rings. The predicted molar refractivity (Wildman–Crippen MR) is 135 cm³/mol. The molecule has 1 saturated carbocycles. The Labute approximate surface area is 213 Å².